The Bertz CT molecular complexity index is 348. The van der Waals surface area contributed by atoms with Crippen LogP contribution in [0.3, 0.4) is 0 Å². The van der Waals surface area contributed by atoms with Crippen molar-refractivity contribution >= 4 is 5.91 Å². The van der Waals surface area contributed by atoms with Crippen molar-refractivity contribution in [3.05, 3.63) is 48.6 Å². The fourth-order valence-corrected chi connectivity index (χ4v) is 1.18. The van der Waals surface area contributed by atoms with Crippen LogP contribution in [0.5, 0.6) is 0 Å². The summed E-state index contributed by atoms with van der Waals surface area (Å²) in [6.45, 7) is 7.75. The van der Waals surface area contributed by atoms with Crippen LogP contribution in [0.1, 0.15) is 24.2 Å². The van der Waals surface area contributed by atoms with Crippen LogP contribution in [0, 0.1) is 5.92 Å². The average Bonchev–Trinajstić information content (AvgIpc) is 2.35. The molecule has 1 aromatic carbocycles. The Morgan fingerprint density at radius 2 is 1.94 bits per heavy atom. The van der Waals surface area contributed by atoms with Crippen LogP contribution in [0.4, 0.5) is 0 Å². The molecule has 0 radical (unpaired) electrons. The molecule has 0 aliphatic heterocycles. The average molecular weight is 218 g/mol. The van der Waals surface area contributed by atoms with Gasteiger partial charge in [0.1, 0.15) is 0 Å². The summed E-state index contributed by atoms with van der Waals surface area (Å²) >= 11 is 0. The lowest BCUT2D eigenvalue weighted by Crippen LogP contribution is -2.45. The van der Waals surface area contributed by atoms with E-state index in [0.29, 0.717) is 11.5 Å². The van der Waals surface area contributed by atoms with Gasteiger partial charge in [0.2, 0.25) is 0 Å². The molecular formula is C13H18N2O. The number of hydrazine groups is 1. The first kappa shape index (κ1) is 12.5. The van der Waals surface area contributed by atoms with Gasteiger partial charge in [0.15, 0.2) is 0 Å². The highest BCUT2D eigenvalue weighted by Gasteiger charge is 2.09. The number of nitrogens with one attached hydrogen (secondary N) is 2. The van der Waals surface area contributed by atoms with E-state index in [1.165, 1.54) is 0 Å². The van der Waals surface area contributed by atoms with Crippen molar-refractivity contribution in [3.8, 4) is 0 Å². The van der Waals surface area contributed by atoms with E-state index in [4.69, 9.17) is 0 Å². The quantitative estimate of drug-likeness (QED) is 0.587. The molecule has 1 rings (SSSR count). The molecule has 0 saturated heterocycles. The normalized spacial score (nSPS) is 13.9. The Morgan fingerprint density at radius 3 is 2.50 bits per heavy atom. The molecule has 0 heterocycles. The lowest BCUT2D eigenvalue weighted by atomic mass is 10.1. The van der Waals surface area contributed by atoms with Crippen molar-refractivity contribution < 1.29 is 4.79 Å². The Labute approximate surface area is 96.5 Å². The number of benzene rings is 1. The molecule has 1 amide bonds. The zero-order valence-electron chi connectivity index (χ0n) is 9.73. The molecule has 0 bridgehead atoms. The summed E-state index contributed by atoms with van der Waals surface area (Å²) in [7, 11) is 0. The lowest BCUT2D eigenvalue weighted by Gasteiger charge is -2.18. The van der Waals surface area contributed by atoms with Crippen LogP contribution in [-0.4, -0.2) is 11.9 Å². The van der Waals surface area contributed by atoms with E-state index in [1.807, 2.05) is 38.1 Å². The molecular weight excluding hydrogens is 200 g/mol. The van der Waals surface area contributed by atoms with Gasteiger partial charge in [-0.15, -0.1) is 6.58 Å². The molecule has 3 nitrogen and oxygen atoms in total. The molecule has 16 heavy (non-hydrogen) atoms. The molecule has 86 valence electrons. The van der Waals surface area contributed by atoms with Gasteiger partial charge in [-0.25, -0.2) is 5.43 Å². The Kier molecular flexibility index (Phi) is 4.73. The Hall–Kier alpha value is -1.61. The number of carbonyl (C=O) groups excluding carboxylic acids is 1. The highest BCUT2D eigenvalue weighted by molar-refractivity contribution is 5.93. The second-order valence-electron chi connectivity index (χ2n) is 3.85. The predicted molar refractivity (Wildman–Crippen MR) is 65.9 cm³/mol. The Morgan fingerprint density at radius 1 is 1.31 bits per heavy atom. The summed E-state index contributed by atoms with van der Waals surface area (Å²) in [5, 5.41) is 0. The van der Waals surface area contributed by atoms with Crippen molar-refractivity contribution in [2.75, 3.05) is 0 Å². The molecule has 0 aliphatic rings. The summed E-state index contributed by atoms with van der Waals surface area (Å²) < 4.78 is 0. The van der Waals surface area contributed by atoms with E-state index < -0.39 is 0 Å². The van der Waals surface area contributed by atoms with Gasteiger partial charge in [0.25, 0.3) is 5.91 Å². The summed E-state index contributed by atoms with van der Waals surface area (Å²) in [5.41, 5.74) is 6.28. The van der Waals surface area contributed by atoms with Gasteiger partial charge in [-0.05, 0) is 25.0 Å². The third-order valence-electron chi connectivity index (χ3n) is 2.61. The van der Waals surface area contributed by atoms with E-state index in [0.717, 1.165) is 0 Å². The SMILES string of the molecule is C=C[C@H](C)[C@@H](C)NNC(=O)c1ccccc1. The molecule has 0 spiro atoms. The fourth-order valence-electron chi connectivity index (χ4n) is 1.18. The van der Waals surface area contributed by atoms with E-state index in [9.17, 15) is 4.79 Å². The summed E-state index contributed by atoms with van der Waals surface area (Å²) in [6, 6.07) is 9.27. The summed E-state index contributed by atoms with van der Waals surface area (Å²) in [4.78, 5) is 11.7. The molecule has 2 atom stereocenters. The molecule has 3 heteroatoms. The van der Waals surface area contributed by atoms with Crippen LogP contribution in [0.25, 0.3) is 0 Å². The minimum atomic E-state index is -0.122. The van der Waals surface area contributed by atoms with Gasteiger partial charge in [-0.2, -0.15) is 0 Å². The fraction of sp³-hybridized carbons (Fsp3) is 0.308. The highest BCUT2D eigenvalue weighted by Crippen LogP contribution is 2.02. The highest BCUT2D eigenvalue weighted by atomic mass is 16.2. The van der Waals surface area contributed by atoms with Crippen LogP contribution in [0.2, 0.25) is 0 Å². The number of hydrogen-bond donors (Lipinski definition) is 2. The molecule has 0 fully saturated rings. The van der Waals surface area contributed by atoms with Crippen molar-refractivity contribution in [1.82, 2.24) is 10.9 Å². The smallest absolute Gasteiger partial charge is 0.265 e. The minimum Gasteiger partial charge on any atom is -0.287 e. The number of carbonyl (C=O) groups is 1. The van der Waals surface area contributed by atoms with Gasteiger partial charge < -0.3 is 0 Å². The van der Waals surface area contributed by atoms with E-state index in [1.54, 1.807) is 12.1 Å². The van der Waals surface area contributed by atoms with Gasteiger partial charge >= 0.3 is 0 Å². The standard InChI is InChI=1S/C13H18N2O/c1-4-10(2)11(3)14-15-13(16)12-8-6-5-7-9-12/h4-11,14H,1H2,2-3H3,(H,15,16)/t10-,11+/m0/s1. The molecule has 1 aromatic rings. The first-order valence-corrected chi connectivity index (χ1v) is 5.38. The van der Waals surface area contributed by atoms with Crippen molar-refractivity contribution in [2.45, 2.75) is 19.9 Å². The molecule has 0 saturated carbocycles. The van der Waals surface area contributed by atoms with E-state index in [-0.39, 0.29) is 11.9 Å². The zero-order valence-corrected chi connectivity index (χ0v) is 9.73. The first-order chi connectivity index (χ1) is 7.65. The first-order valence-electron chi connectivity index (χ1n) is 5.38. The second kappa shape index (κ2) is 6.08. The van der Waals surface area contributed by atoms with Crippen LogP contribution in [0.15, 0.2) is 43.0 Å². The number of hydrogen-bond acceptors (Lipinski definition) is 2. The van der Waals surface area contributed by atoms with Crippen LogP contribution >= 0.6 is 0 Å². The monoisotopic (exact) mass is 218 g/mol. The topological polar surface area (TPSA) is 41.1 Å². The predicted octanol–water partition coefficient (Wildman–Crippen LogP) is 2.13. The van der Waals surface area contributed by atoms with Gasteiger partial charge in [0.05, 0.1) is 0 Å². The van der Waals surface area contributed by atoms with Crippen LogP contribution < -0.4 is 10.9 Å². The maximum atomic E-state index is 11.7. The van der Waals surface area contributed by atoms with E-state index >= 15 is 0 Å². The third kappa shape index (κ3) is 3.51. The molecule has 2 N–H and O–H groups in total. The lowest BCUT2D eigenvalue weighted by molar-refractivity contribution is 0.0923. The summed E-state index contributed by atoms with van der Waals surface area (Å²) in [5.74, 6) is 0.180. The summed E-state index contributed by atoms with van der Waals surface area (Å²) in [6.07, 6.45) is 1.85. The second-order valence-corrected chi connectivity index (χ2v) is 3.85. The zero-order chi connectivity index (χ0) is 12.0. The Balaban J connectivity index is 2.45. The number of rotatable bonds is 5. The third-order valence-corrected chi connectivity index (χ3v) is 2.61. The minimum absolute atomic E-state index is 0.122. The van der Waals surface area contributed by atoms with Crippen molar-refractivity contribution in [1.29, 1.82) is 0 Å². The number of amides is 1. The maximum Gasteiger partial charge on any atom is 0.265 e. The molecule has 0 aromatic heterocycles. The van der Waals surface area contributed by atoms with Crippen molar-refractivity contribution in [2.24, 2.45) is 5.92 Å². The van der Waals surface area contributed by atoms with Crippen molar-refractivity contribution in [3.63, 3.8) is 0 Å². The maximum absolute atomic E-state index is 11.7. The van der Waals surface area contributed by atoms with Gasteiger partial charge in [0, 0.05) is 11.6 Å². The van der Waals surface area contributed by atoms with Gasteiger partial charge in [-0.3, -0.25) is 10.2 Å². The van der Waals surface area contributed by atoms with Crippen LogP contribution in [-0.2, 0) is 0 Å². The van der Waals surface area contributed by atoms with Gasteiger partial charge in [-0.1, -0.05) is 31.2 Å². The largest absolute Gasteiger partial charge is 0.287 e. The van der Waals surface area contributed by atoms with E-state index in [2.05, 4.69) is 17.4 Å². The molecule has 0 aliphatic carbocycles. The molecule has 0 unspecified atom stereocenters.